The van der Waals surface area contributed by atoms with E-state index in [0.717, 1.165) is 18.7 Å². The highest BCUT2D eigenvalue weighted by molar-refractivity contribution is 5.86. The lowest BCUT2D eigenvalue weighted by Crippen LogP contribution is -2.48. The molecule has 0 bridgehead atoms. The number of nitrogens with zero attached hydrogens (tertiary/aromatic N) is 2. The summed E-state index contributed by atoms with van der Waals surface area (Å²) in [6.07, 6.45) is 5.02. The van der Waals surface area contributed by atoms with E-state index >= 15 is 0 Å². The molecule has 0 aliphatic carbocycles. The first-order chi connectivity index (χ1) is 10.0. The van der Waals surface area contributed by atoms with Gasteiger partial charge in [-0.3, -0.25) is 4.79 Å². The molecule has 0 radical (unpaired) electrons. The Morgan fingerprint density at radius 3 is 2.95 bits per heavy atom. The van der Waals surface area contributed by atoms with Crippen molar-refractivity contribution in [2.75, 3.05) is 6.61 Å². The molecule has 2 atom stereocenters. The molecule has 2 heterocycles. The minimum absolute atomic E-state index is 0.00196. The second-order valence-electron chi connectivity index (χ2n) is 5.75. The Hall–Kier alpha value is -1.85. The lowest BCUT2D eigenvalue weighted by Gasteiger charge is -2.26. The Labute approximate surface area is 124 Å². The lowest BCUT2D eigenvalue weighted by atomic mass is 9.94. The summed E-state index contributed by atoms with van der Waals surface area (Å²) in [5.74, 6) is -0.539. The predicted octanol–water partition coefficient (Wildman–Crippen LogP) is 1.15. The summed E-state index contributed by atoms with van der Waals surface area (Å²) in [6, 6.07) is -0.579. The predicted molar refractivity (Wildman–Crippen MR) is 77.4 cm³/mol. The SMILES string of the molecule is CCOC(=O)[C@H](NC(=O)[C@H]1CCn2cncc2C1)C(C)C. The largest absolute Gasteiger partial charge is 0.464 e. The first kappa shape index (κ1) is 15.5. The van der Waals surface area contributed by atoms with Crippen LogP contribution in [0.25, 0.3) is 0 Å². The summed E-state index contributed by atoms with van der Waals surface area (Å²) in [4.78, 5) is 28.4. The number of amides is 1. The maximum Gasteiger partial charge on any atom is 0.328 e. The maximum absolute atomic E-state index is 12.4. The van der Waals surface area contributed by atoms with E-state index in [2.05, 4.69) is 14.9 Å². The first-order valence-corrected chi connectivity index (χ1v) is 7.49. The number of ether oxygens (including phenoxy) is 1. The van der Waals surface area contributed by atoms with Crippen molar-refractivity contribution in [1.29, 1.82) is 0 Å². The molecule has 1 aromatic rings. The molecule has 6 heteroatoms. The van der Waals surface area contributed by atoms with Gasteiger partial charge in [-0.2, -0.15) is 0 Å². The first-order valence-electron chi connectivity index (χ1n) is 7.49. The zero-order valence-corrected chi connectivity index (χ0v) is 12.8. The number of esters is 1. The highest BCUT2D eigenvalue weighted by atomic mass is 16.5. The molecule has 116 valence electrons. The van der Waals surface area contributed by atoms with E-state index in [9.17, 15) is 9.59 Å². The summed E-state index contributed by atoms with van der Waals surface area (Å²) >= 11 is 0. The van der Waals surface area contributed by atoms with Gasteiger partial charge in [0.05, 0.1) is 12.9 Å². The Morgan fingerprint density at radius 2 is 2.29 bits per heavy atom. The number of hydrogen-bond acceptors (Lipinski definition) is 4. The second kappa shape index (κ2) is 6.74. The molecule has 0 unspecified atom stereocenters. The number of fused-ring (bicyclic) bond motifs is 1. The van der Waals surface area contributed by atoms with Crippen LogP contribution in [0.1, 0.15) is 32.9 Å². The van der Waals surface area contributed by atoms with E-state index in [1.165, 1.54) is 0 Å². The van der Waals surface area contributed by atoms with Crippen molar-refractivity contribution in [2.24, 2.45) is 11.8 Å². The van der Waals surface area contributed by atoms with Crippen LogP contribution in [0.5, 0.6) is 0 Å². The van der Waals surface area contributed by atoms with Gasteiger partial charge in [-0.05, 0) is 19.3 Å². The number of carbonyl (C=O) groups excluding carboxylic acids is 2. The molecule has 0 fully saturated rings. The van der Waals surface area contributed by atoms with Crippen molar-refractivity contribution in [3.05, 3.63) is 18.2 Å². The number of carbonyl (C=O) groups is 2. The fourth-order valence-electron chi connectivity index (χ4n) is 2.59. The van der Waals surface area contributed by atoms with Gasteiger partial charge in [0.2, 0.25) is 5.91 Å². The summed E-state index contributed by atoms with van der Waals surface area (Å²) in [7, 11) is 0. The molecule has 1 aliphatic rings. The fourth-order valence-corrected chi connectivity index (χ4v) is 2.59. The Bertz CT molecular complexity index is 510. The average molecular weight is 293 g/mol. The van der Waals surface area contributed by atoms with Crippen LogP contribution in [-0.4, -0.2) is 34.1 Å². The normalized spacial score (nSPS) is 19.0. The number of imidazole rings is 1. The van der Waals surface area contributed by atoms with Gasteiger partial charge in [0.1, 0.15) is 6.04 Å². The molecule has 1 amide bonds. The van der Waals surface area contributed by atoms with E-state index < -0.39 is 6.04 Å². The zero-order chi connectivity index (χ0) is 15.4. The van der Waals surface area contributed by atoms with Gasteiger partial charge in [-0.1, -0.05) is 13.8 Å². The quantitative estimate of drug-likeness (QED) is 0.827. The van der Waals surface area contributed by atoms with Gasteiger partial charge in [0.25, 0.3) is 0 Å². The van der Waals surface area contributed by atoms with Crippen LogP contribution in [0.15, 0.2) is 12.5 Å². The third-order valence-electron chi connectivity index (χ3n) is 3.85. The molecule has 2 rings (SSSR count). The number of hydrogen-bond donors (Lipinski definition) is 1. The number of aryl methyl sites for hydroxylation is 1. The third kappa shape index (κ3) is 3.62. The van der Waals surface area contributed by atoms with Crippen LogP contribution >= 0.6 is 0 Å². The minimum atomic E-state index is -0.579. The van der Waals surface area contributed by atoms with Crippen molar-refractivity contribution in [2.45, 2.75) is 46.2 Å². The molecule has 1 N–H and O–H groups in total. The molecule has 0 aromatic carbocycles. The Balaban J connectivity index is 1.98. The standard InChI is InChI=1S/C15H23N3O3/c1-4-21-15(20)13(10(2)3)17-14(19)11-5-6-18-9-16-8-12(18)7-11/h8-11,13H,4-7H2,1-3H3,(H,17,19)/t11-,13+/m0/s1. The Kier molecular flexibility index (Phi) is 4.98. The van der Waals surface area contributed by atoms with Crippen LogP contribution in [-0.2, 0) is 27.3 Å². The highest BCUT2D eigenvalue weighted by Crippen LogP contribution is 2.20. The van der Waals surface area contributed by atoms with Crippen LogP contribution < -0.4 is 5.32 Å². The number of rotatable bonds is 5. The van der Waals surface area contributed by atoms with Gasteiger partial charge in [0, 0.05) is 30.8 Å². The van der Waals surface area contributed by atoms with Gasteiger partial charge in [0.15, 0.2) is 0 Å². The molecule has 21 heavy (non-hydrogen) atoms. The van der Waals surface area contributed by atoms with Crippen LogP contribution in [0.3, 0.4) is 0 Å². The topological polar surface area (TPSA) is 73.2 Å². The van der Waals surface area contributed by atoms with E-state index in [0.29, 0.717) is 13.0 Å². The molecule has 1 aliphatic heterocycles. The monoisotopic (exact) mass is 293 g/mol. The Morgan fingerprint density at radius 1 is 1.52 bits per heavy atom. The zero-order valence-electron chi connectivity index (χ0n) is 12.8. The van der Waals surface area contributed by atoms with Crippen molar-refractivity contribution < 1.29 is 14.3 Å². The van der Waals surface area contributed by atoms with Gasteiger partial charge in [-0.25, -0.2) is 9.78 Å². The summed E-state index contributed by atoms with van der Waals surface area (Å²) < 4.78 is 7.09. The second-order valence-corrected chi connectivity index (χ2v) is 5.75. The van der Waals surface area contributed by atoms with Gasteiger partial charge >= 0.3 is 5.97 Å². The highest BCUT2D eigenvalue weighted by Gasteiger charge is 2.30. The molecule has 1 aromatic heterocycles. The van der Waals surface area contributed by atoms with Crippen LogP contribution in [0, 0.1) is 11.8 Å². The summed E-state index contributed by atoms with van der Waals surface area (Å²) in [6.45, 7) is 6.68. The van der Waals surface area contributed by atoms with Gasteiger partial charge in [-0.15, -0.1) is 0 Å². The van der Waals surface area contributed by atoms with Crippen molar-refractivity contribution in [3.63, 3.8) is 0 Å². The molecule has 6 nitrogen and oxygen atoms in total. The fraction of sp³-hybridized carbons (Fsp3) is 0.667. The van der Waals surface area contributed by atoms with Crippen LogP contribution in [0.2, 0.25) is 0 Å². The minimum Gasteiger partial charge on any atom is -0.464 e. The number of aromatic nitrogens is 2. The van der Waals surface area contributed by atoms with Crippen LogP contribution in [0.4, 0.5) is 0 Å². The molecular weight excluding hydrogens is 270 g/mol. The third-order valence-corrected chi connectivity index (χ3v) is 3.85. The average Bonchev–Trinajstić information content (AvgIpc) is 2.91. The van der Waals surface area contributed by atoms with Crippen molar-refractivity contribution in [3.8, 4) is 0 Å². The van der Waals surface area contributed by atoms with Gasteiger partial charge < -0.3 is 14.6 Å². The summed E-state index contributed by atoms with van der Waals surface area (Å²) in [5.41, 5.74) is 1.07. The molecule has 0 spiro atoms. The molecule has 0 saturated heterocycles. The van der Waals surface area contributed by atoms with E-state index in [4.69, 9.17) is 4.74 Å². The van der Waals surface area contributed by atoms with E-state index in [-0.39, 0.29) is 23.7 Å². The van der Waals surface area contributed by atoms with E-state index in [1.807, 2.05) is 13.8 Å². The van der Waals surface area contributed by atoms with Crippen molar-refractivity contribution >= 4 is 11.9 Å². The van der Waals surface area contributed by atoms with Crippen molar-refractivity contribution in [1.82, 2.24) is 14.9 Å². The van der Waals surface area contributed by atoms with E-state index in [1.54, 1.807) is 19.4 Å². The number of nitrogens with one attached hydrogen (secondary N) is 1. The molecule has 0 saturated carbocycles. The lowest BCUT2D eigenvalue weighted by molar-refractivity contribution is -0.149. The summed E-state index contributed by atoms with van der Waals surface area (Å²) in [5, 5.41) is 2.85. The molecular formula is C15H23N3O3. The smallest absolute Gasteiger partial charge is 0.328 e. The maximum atomic E-state index is 12.4.